The number of nitrogens with zero attached hydrogens (tertiary/aromatic N) is 2. The standard InChI is InChI=1S/C11H12N2O2/c1-12-7-11(15)13(8-10(12)14)9-5-3-2-4-6-9/h2-6H,7-8H2,1H3. The molecule has 1 heterocycles. The second-order valence-corrected chi connectivity index (χ2v) is 3.57. The molecule has 4 heteroatoms. The van der Waals surface area contributed by atoms with Crippen molar-refractivity contribution in [1.29, 1.82) is 0 Å². The highest BCUT2D eigenvalue weighted by molar-refractivity contribution is 6.04. The molecule has 0 aromatic heterocycles. The number of likely N-dealkylation sites (N-methyl/N-ethyl adjacent to an activating group) is 1. The van der Waals surface area contributed by atoms with Crippen LogP contribution >= 0.6 is 0 Å². The van der Waals surface area contributed by atoms with Crippen LogP contribution in [0.25, 0.3) is 0 Å². The van der Waals surface area contributed by atoms with E-state index < -0.39 is 0 Å². The van der Waals surface area contributed by atoms with Gasteiger partial charge in [-0.05, 0) is 12.1 Å². The highest BCUT2D eigenvalue weighted by Crippen LogP contribution is 2.16. The molecule has 0 atom stereocenters. The number of carbonyl (C=O) groups is 2. The van der Waals surface area contributed by atoms with E-state index >= 15 is 0 Å². The van der Waals surface area contributed by atoms with E-state index in [0.717, 1.165) is 5.69 Å². The van der Waals surface area contributed by atoms with Crippen molar-refractivity contribution in [2.24, 2.45) is 0 Å². The lowest BCUT2D eigenvalue weighted by Gasteiger charge is -2.31. The van der Waals surface area contributed by atoms with Crippen LogP contribution in [0.1, 0.15) is 0 Å². The van der Waals surface area contributed by atoms with E-state index in [2.05, 4.69) is 0 Å². The van der Waals surface area contributed by atoms with E-state index in [0.29, 0.717) is 0 Å². The zero-order valence-electron chi connectivity index (χ0n) is 8.51. The molecule has 1 saturated heterocycles. The molecule has 0 N–H and O–H groups in total. The lowest BCUT2D eigenvalue weighted by Crippen LogP contribution is -2.52. The van der Waals surface area contributed by atoms with E-state index in [1.807, 2.05) is 30.3 Å². The van der Waals surface area contributed by atoms with Crippen LogP contribution in [-0.4, -0.2) is 36.9 Å². The first-order valence-corrected chi connectivity index (χ1v) is 4.78. The van der Waals surface area contributed by atoms with Gasteiger partial charge in [0.25, 0.3) is 0 Å². The molecule has 0 spiro atoms. The van der Waals surface area contributed by atoms with Gasteiger partial charge in [-0.25, -0.2) is 0 Å². The normalized spacial score (nSPS) is 17.1. The fraction of sp³-hybridized carbons (Fsp3) is 0.273. The molecule has 2 amide bonds. The average Bonchev–Trinajstić information content (AvgIpc) is 2.25. The summed E-state index contributed by atoms with van der Waals surface area (Å²) in [7, 11) is 1.64. The van der Waals surface area contributed by atoms with Crippen molar-refractivity contribution in [3.05, 3.63) is 30.3 Å². The minimum atomic E-state index is -0.0386. The largest absolute Gasteiger partial charge is 0.335 e. The molecule has 1 aromatic carbocycles. The maximum Gasteiger partial charge on any atom is 0.247 e. The van der Waals surface area contributed by atoms with Gasteiger partial charge in [0, 0.05) is 12.7 Å². The molecule has 1 aliphatic heterocycles. The van der Waals surface area contributed by atoms with Crippen LogP contribution in [0.4, 0.5) is 5.69 Å². The van der Waals surface area contributed by atoms with Gasteiger partial charge in [-0.1, -0.05) is 18.2 Å². The van der Waals surface area contributed by atoms with Crippen LogP contribution in [0.3, 0.4) is 0 Å². The molecule has 0 bridgehead atoms. The van der Waals surface area contributed by atoms with Gasteiger partial charge in [-0.15, -0.1) is 0 Å². The minimum absolute atomic E-state index is 0.0292. The number of rotatable bonds is 1. The Morgan fingerprint density at radius 3 is 2.33 bits per heavy atom. The number of carbonyl (C=O) groups excluding carboxylic acids is 2. The van der Waals surface area contributed by atoms with E-state index in [-0.39, 0.29) is 24.9 Å². The predicted octanol–water partition coefficient (Wildman–Crippen LogP) is 0.492. The first kappa shape index (κ1) is 9.71. The second kappa shape index (κ2) is 3.73. The summed E-state index contributed by atoms with van der Waals surface area (Å²) in [6.07, 6.45) is 0. The third kappa shape index (κ3) is 1.83. The van der Waals surface area contributed by atoms with Crippen molar-refractivity contribution in [2.45, 2.75) is 0 Å². The average molecular weight is 204 g/mol. The van der Waals surface area contributed by atoms with Gasteiger partial charge < -0.3 is 9.80 Å². The summed E-state index contributed by atoms with van der Waals surface area (Å²) in [5, 5.41) is 0. The number of anilines is 1. The van der Waals surface area contributed by atoms with Crippen molar-refractivity contribution < 1.29 is 9.59 Å². The van der Waals surface area contributed by atoms with Crippen molar-refractivity contribution in [3.8, 4) is 0 Å². The molecule has 2 rings (SSSR count). The topological polar surface area (TPSA) is 40.6 Å². The number of amides is 2. The first-order valence-electron chi connectivity index (χ1n) is 4.78. The van der Waals surface area contributed by atoms with Crippen molar-refractivity contribution in [2.75, 3.05) is 25.0 Å². The zero-order valence-corrected chi connectivity index (χ0v) is 8.51. The number of benzene rings is 1. The van der Waals surface area contributed by atoms with Crippen molar-refractivity contribution >= 4 is 17.5 Å². The van der Waals surface area contributed by atoms with E-state index in [1.165, 1.54) is 9.80 Å². The molecule has 1 aromatic rings. The van der Waals surface area contributed by atoms with Gasteiger partial charge in [-0.2, -0.15) is 0 Å². The Kier molecular flexibility index (Phi) is 2.41. The van der Waals surface area contributed by atoms with E-state index in [1.54, 1.807) is 7.05 Å². The fourth-order valence-corrected chi connectivity index (χ4v) is 1.56. The van der Waals surface area contributed by atoms with Gasteiger partial charge in [0.05, 0.1) is 6.54 Å². The fourth-order valence-electron chi connectivity index (χ4n) is 1.56. The Labute approximate surface area is 88.1 Å². The first-order chi connectivity index (χ1) is 7.18. The number of hydrogen-bond acceptors (Lipinski definition) is 2. The third-order valence-electron chi connectivity index (χ3n) is 2.46. The number of hydrogen-bond donors (Lipinski definition) is 0. The monoisotopic (exact) mass is 204 g/mol. The highest BCUT2D eigenvalue weighted by Gasteiger charge is 2.28. The molecular weight excluding hydrogens is 192 g/mol. The highest BCUT2D eigenvalue weighted by atomic mass is 16.2. The van der Waals surface area contributed by atoms with Gasteiger partial charge in [-0.3, -0.25) is 9.59 Å². The van der Waals surface area contributed by atoms with Gasteiger partial charge >= 0.3 is 0 Å². The summed E-state index contributed by atoms with van der Waals surface area (Å²) < 4.78 is 0. The Bertz CT molecular complexity index is 389. The molecule has 1 fully saturated rings. The number of para-hydroxylation sites is 1. The summed E-state index contributed by atoms with van der Waals surface area (Å²) in [5.41, 5.74) is 0.781. The van der Waals surface area contributed by atoms with Crippen LogP contribution < -0.4 is 4.90 Å². The van der Waals surface area contributed by atoms with Gasteiger partial charge in [0.15, 0.2) is 0 Å². The summed E-state index contributed by atoms with van der Waals surface area (Å²) in [6, 6.07) is 9.25. The third-order valence-corrected chi connectivity index (χ3v) is 2.46. The lowest BCUT2D eigenvalue weighted by atomic mass is 10.2. The Hall–Kier alpha value is -1.84. The van der Waals surface area contributed by atoms with Crippen molar-refractivity contribution in [1.82, 2.24) is 4.90 Å². The Balaban J connectivity index is 2.24. The molecule has 0 saturated carbocycles. The minimum Gasteiger partial charge on any atom is -0.335 e. The molecule has 0 aliphatic carbocycles. The SMILES string of the molecule is CN1CC(=O)N(c2ccccc2)CC1=O. The van der Waals surface area contributed by atoms with Crippen LogP contribution in [0.5, 0.6) is 0 Å². The summed E-state index contributed by atoms with van der Waals surface area (Å²) in [4.78, 5) is 26.1. The van der Waals surface area contributed by atoms with E-state index in [9.17, 15) is 9.59 Å². The number of piperazine rings is 1. The molecule has 0 radical (unpaired) electrons. The molecule has 78 valence electrons. The van der Waals surface area contributed by atoms with E-state index in [4.69, 9.17) is 0 Å². The summed E-state index contributed by atoms with van der Waals surface area (Å²) >= 11 is 0. The second-order valence-electron chi connectivity index (χ2n) is 3.57. The molecule has 0 unspecified atom stereocenters. The Morgan fingerprint density at radius 1 is 1.00 bits per heavy atom. The lowest BCUT2D eigenvalue weighted by molar-refractivity contribution is -0.136. The zero-order chi connectivity index (χ0) is 10.8. The molecule has 15 heavy (non-hydrogen) atoms. The van der Waals surface area contributed by atoms with Crippen LogP contribution in [0.15, 0.2) is 30.3 Å². The molecule has 4 nitrogen and oxygen atoms in total. The van der Waals surface area contributed by atoms with Crippen molar-refractivity contribution in [3.63, 3.8) is 0 Å². The summed E-state index contributed by atoms with van der Waals surface area (Å²) in [6.45, 7) is 0.299. The van der Waals surface area contributed by atoms with Crippen LogP contribution in [0, 0.1) is 0 Å². The summed E-state index contributed by atoms with van der Waals surface area (Å²) in [5.74, 6) is -0.0678. The molecular formula is C11H12N2O2. The Morgan fingerprint density at radius 2 is 1.67 bits per heavy atom. The smallest absolute Gasteiger partial charge is 0.247 e. The quantitative estimate of drug-likeness (QED) is 0.668. The van der Waals surface area contributed by atoms with Crippen LogP contribution in [0.2, 0.25) is 0 Å². The molecule has 1 aliphatic rings. The maximum atomic E-state index is 11.7. The van der Waals surface area contributed by atoms with Gasteiger partial charge in [0.2, 0.25) is 11.8 Å². The van der Waals surface area contributed by atoms with Crippen LogP contribution in [-0.2, 0) is 9.59 Å². The van der Waals surface area contributed by atoms with Gasteiger partial charge in [0.1, 0.15) is 6.54 Å². The predicted molar refractivity (Wildman–Crippen MR) is 56.4 cm³/mol. The maximum absolute atomic E-state index is 11.7.